The van der Waals surface area contributed by atoms with E-state index in [1.165, 1.54) is 0 Å². The van der Waals surface area contributed by atoms with E-state index < -0.39 is 0 Å². The molecule has 0 atom stereocenters. The minimum atomic E-state index is -0.0748. The molecule has 1 aromatic carbocycles. The summed E-state index contributed by atoms with van der Waals surface area (Å²) < 4.78 is 6.10. The molecule has 2 aliphatic rings. The highest BCUT2D eigenvalue weighted by molar-refractivity contribution is 5.99. The molecular formula is C28H31N3O3. The van der Waals surface area contributed by atoms with E-state index >= 15 is 0 Å². The van der Waals surface area contributed by atoms with Crippen LogP contribution in [0.2, 0.25) is 0 Å². The number of benzene rings is 1. The third-order valence-electron chi connectivity index (χ3n) is 6.17. The Morgan fingerprint density at radius 1 is 1.06 bits per heavy atom. The number of pyridine rings is 1. The van der Waals surface area contributed by atoms with E-state index in [1.54, 1.807) is 18.3 Å². The van der Waals surface area contributed by atoms with Crippen molar-refractivity contribution in [2.45, 2.75) is 38.7 Å². The van der Waals surface area contributed by atoms with E-state index in [2.05, 4.69) is 23.5 Å². The summed E-state index contributed by atoms with van der Waals surface area (Å²) in [5, 5.41) is 3.18. The summed E-state index contributed by atoms with van der Waals surface area (Å²) in [4.78, 5) is 31.2. The van der Waals surface area contributed by atoms with Crippen molar-refractivity contribution in [1.29, 1.82) is 0 Å². The Labute approximate surface area is 201 Å². The molecule has 1 aromatic heterocycles. The predicted octanol–water partition coefficient (Wildman–Crippen LogP) is 5.01. The van der Waals surface area contributed by atoms with Crippen molar-refractivity contribution < 1.29 is 14.3 Å². The van der Waals surface area contributed by atoms with Crippen molar-refractivity contribution in [3.05, 3.63) is 90.4 Å². The van der Waals surface area contributed by atoms with Gasteiger partial charge in [0, 0.05) is 60.6 Å². The van der Waals surface area contributed by atoms with Crippen molar-refractivity contribution in [3.63, 3.8) is 0 Å². The van der Waals surface area contributed by atoms with Gasteiger partial charge in [-0.05, 0) is 62.2 Å². The molecule has 6 nitrogen and oxygen atoms in total. The summed E-state index contributed by atoms with van der Waals surface area (Å²) in [6.07, 6.45) is 8.79. The second-order valence-corrected chi connectivity index (χ2v) is 8.89. The van der Waals surface area contributed by atoms with Crippen molar-refractivity contribution >= 4 is 17.4 Å². The maximum Gasteiger partial charge on any atom is 0.272 e. The summed E-state index contributed by atoms with van der Waals surface area (Å²) in [6.45, 7) is 10.9. The van der Waals surface area contributed by atoms with Gasteiger partial charge >= 0.3 is 0 Å². The molecule has 2 aromatic rings. The summed E-state index contributed by atoms with van der Waals surface area (Å²) in [5.74, 6) is 1.15. The maximum absolute atomic E-state index is 12.9. The number of Topliss-reactive ketones (excluding diaryl/α,β-unsaturated/α-hetero) is 1. The largest absolute Gasteiger partial charge is 0.490 e. The molecule has 1 N–H and O–H groups in total. The van der Waals surface area contributed by atoms with Crippen molar-refractivity contribution in [2.75, 3.05) is 13.1 Å². The van der Waals surface area contributed by atoms with Crippen LogP contribution in [0.25, 0.3) is 5.70 Å². The van der Waals surface area contributed by atoms with E-state index in [0.29, 0.717) is 24.5 Å². The maximum atomic E-state index is 12.9. The molecule has 2 fully saturated rings. The van der Waals surface area contributed by atoms with Gasteiger partial charge in [-0.2, -0.15) is 0 Å². The molecule has 1 saturated heterocycles. The van der Waals surface area contributed by atoms with Gasteiger partial charge in [0.2, 0.25) is 0 Å². The van der Waals surface area contributed by atoms with Crippen LogP contribution >= 0.6 is 0 Å². The second-order valence-electron chi connectivity index (χ2n) is 8.89. The fraction of sp³-hybridized carbons (Fsp3) is 0.321. The van der Waals surface area contributed by atoms with Crippen molar-refractivity contribution in [2.24, 2.45) is 5.92 Å². The van der Waals surface area contributed by atoms with Gasteiger partial charge in [0.1, 0.15) is 17.5 Å². The summed E-state index contributed by atoms with van der Waals surface area (Å²) in [7, 11) is 0. The van der Waals surface area contributed by atoms with Crippen molar-refractivity contribution in [3.8, 4) is 5.75 Å². The zero-order chi connectivity index (χ0) is 24.1. The molecule has 176 valence electrons. The number of carbonyl (C=O) groups is 2. The van der Waals surface area contributed by atoms with Gasteiger partial charge in [-0.15, -0.1) is 0 Å². The smallest absolute Gasteiger partial charge is 0.272 e. The van der Waals surface area contributed by atoms with Crippen LogP contribution in [0, 0.1) is 5.92 Å². The SMILES string of the molecule is C=C/C=C(\C)NC(=C)c1ccc(C(=O)N2CCC(Oc3ccc(C(=O)C4CC4)cc3)CC2)nc1. The number of nitrogens with one attached hydrogen (secondary N) is 1. The van der Waals surface area contributed by atoms with Crippen LogP contribution in [0.15, 0.2) is 73.6 Å². The third kappa shape index (κ3) is 5.81. The molecule has 0 radical (unpaired) electrons. The molecule has 0 unspecified atom stereocenters. The Bertz CT molecular complexity index is 1090. The van der Waals surface area contributed by atoms with Gasteiger partial charge < -0.3 is 15.0 Å². The highest BCUT2D eigenvalue weighted by Gasteiger charge is 2.30. The Hall–Kier alpha value is -3.67. The molecule has 1 amide bonds. The fourth-order valence-electron chi connectivity index (χ4n) is 4.04. The number of ether oxygens (including phenoxy) is 1. The lowest BCUT2D eigenvalue weighted by atomic mass is 10.1. The zero-order valence-electron chi connectivity index (χ0n) is 19.6. The number of nitrogens with zero attached hydrogens (tertiary/aromatic N) is 2. The minimum absolute atomic E-state index is 0.0469. The molecule has 1 saturated carbocycles. The highest BCUT2D eigenvalue weighted by atomic mass is 16.5. The van der Waals surface area contributed by atoms with Gasteiger partial charge in [-0.1, -0.05) is 19.2 Å². The van der Waals surface area contributed by atoms with Crippen LogP contribution in [0.5, 0.6) is 5.75 Å². The zero-order valence-corrected chi connectivity index (χ0v) is 19.6. The first kappa shape index (κ1) is 23.5. The molecular weight excluding hydrogens is 426 g/mol. The number of ketones is 1. The van der Waals surface area contributed by atoms with Crippen molar-refractivity contribution in [1.82, 2.24) is 15.2 Å². The van der Waals surface area contributed by atoms with Crippen LogP contribution in [-0.4, -0.2) is 40.8 Å². The first-order valence-corrected chi connectivity index (χ1v) is 11.8. The molecule has 2 heterocycles. The molecule has 4 rings (SSSR count). The second kappa shape index (κ2) is 10.5. The van der Waals surface area contributed by atoms with E-state index in [4.69, 9.17) is 4.74 Å². The molecule has 1 aliphatic heterocycles. The molecule has 0 spiro atoms. The molecule has 1 aliphatic carbocycles. The van der Waals surface area contributed by atoms with Gasteiger partial charge in [-0.3, -0.25) is 14.6 Å². The van der Waals surface area contributed by atoms with Gasteiger partial charge in [0.25, 0.3) is 5.91 Å². The molecule has 6 heteroatoms. The summed E-state index contributed by atoms with van der Waals surface area (Å²) in [5.41, 5.74) is 3.64. The van der Waals surface area contributed by atoms with Gasteiger partial charge in [0.15, 0.2) is 5.78 Å². The van der Waals surface area contributed by atoms with Crippen LogP contribution in [0.3, 0.4) is 0 Å². The number of amides is 1. The standard InChI is InChI=1S/C28H31N3O3/c1-4-5-19(2)30-20(3)23-10-13-26(29-18-23)28(33)31-16-14-25(15-17-31)34-24-11-8-22(9-12-24)27(32)21-6-7-21/h4-5,8-13,18,21,25,30H,1,3,6-7,14-17H2,2H3/b19-5+. The lowest BCUT2D eigenvalue weighted by molar-refractivity contribution is 0.0590. The first-order chi connectivity index (χ1) is 16.4. The van der Waals surface area contributed by atoms with Gasteiger partial charge in [0.05, 0.1) is 0 Å². The Balaban J connectivity index is 1.27. The topological polar surface area (TPSA) is 71.5 Å². The summed E-state index contributed by atoms with van der Waals surface area (Å²) >= 11 is 0. The van der Waals surface area contributed by atoms with Crippen LogP contribution in [0.4, 0.5) is 0 Å². The Morgan fingerprint density at radius 3 is 2.32 bits per heavy atom. The number of aromatic nitrogens is 1. The van der Waals surface area contributed by atoms with E-state index in [0.717, 1.165) is 48.3 Å². The molecule has 34 heavy (non-hydrogen) atoms. The van der Waals surface area contributed by atoms with Crippen LogP contribution in [-0.2, 0) is 0 Å². The quantitative estimate of drug-likeness (QED) is 0.423. The average molecular weight is 458 g/mol. The number of piperidine rings is 1. The third-order valence-corrected chi connectivity index (χ3v) is 6.17. The number of hydrogen-bond donors (Lipinski definition) is 1. The van der Waals surface area contributed by atoms with Crippen LogP contribution in [0.1, 0.15) is 59.0 Å². The number of carbonyl (C=O) groups excluding carboxylic acids is 2. The monoisotopic (exact) mass is 457 g/mol. The first-order valence-electron chi connectivity index (χ1n) is 11.8. The van der Waals surface area contributed by atoms with Gasteiger partial charge in [-0.25, -0.2) is 0 Å². The lowest BCUT2D eigenvalue weighted by Crippen LogP contribution is -2.42. The van der Waals surface area contributed by atoms with E-state index in [1.807, 2.05) is 48.2 Å². The Morgan fingerprint density at radius 2 is 1.74 bits per heavy atom. The van der Waals surface area contributed by atoms with E-state index in [-0.39, 0.29) is 23.7 Å². The van der Waals surface area contributed by atoms with E-state index in [9.17, 15) is 9.59 Å². The number of likely N-dealkylation sites (tertiary alicyclic amines) is 1. The number of rotatable bonds is 9. The average Bonchev–Trinajstić information content (AvgIpc) is 3.70. The minimum Gasteiger partial charge on any atom is -0.490 e. The Kier molecular flexibility index (Phi) is 7.26. The lowest BCUT2D eigenvalue weighted by Gasteiger charge is -2.32. The molecule has 0 bridgehead atoms. The van der Waals surface area contributed by atoms with Crippen LogP contribution < -0.4 is 10.1 Å². The number of hydrogen-bond acceptors (Lipinski definition) is 5. The number of allylic oxidation sites excluding steroid dienone is 3. The summed E-state index contributed by atoms with van der Waals surface area (Å²) in [6, 6.07) is 11.0. The fourth-order valence-corrected chi connectivity index (χ4v) is 4.04. The normalized spacial score (nSPS) is 16.6. The highest BCUT2D eigenvalue weighted by Crippen LogP contribution is 2.33. The predicted molar refractivity (Wildman–Crippen MR) is 133 cm³/mol.